The van der Waals surface area contributed by atoms with E-state index in [1.807, 2.05) is 12.2 Å². The lowest BCUT2D eigenvalue weighted by atomic mass is 10.0. The van der Waals surface area contributed by atoms with Gasteiger partial charge in [0.1, 0.15) is 12.7 Å². The average Bonchev–Trinajstić information content (AvgIpc) is 3.41. The van der Waals surface area contributed by atoms with E-state index in [4.69, 9.17) is 23.3 Å². The highest BCUT2D eigenvalue weighted by atomic mass is 31.2. The molecule has 0 aliphatic carbocycles. The van der Waals surface area contributed by atoms with Crippen molar-refractivity contribution in [3.05, 3.63) is 85.1 Å². The molecule has 3 unspecified atom stereocenters. The molecule has 76 heavy (non-hydrogen) atoms. The zero-order chi connectivity index (χ0) is 55.5. The van der Waals surface area contributed by atoms with Crippen molar-refractivity contribution in [1.82, 2.24) is 0 Å². The van der Waals surface area contributed by atoms with E-state index in [0.29, 0.717) is 25.7 Å². The molecule has 0 aromatic carbocycles. The number of esters is 3. The standard InChI is InChI=1S/C64H111O11P/c1-4-7-10-13-16-19-22-24-26-28-30-32-34-36-39-42-45-48-51-54-63(67)74-60(56-65)58-72-76(69,70)73-59-61(57-71-62(66)53-50-47-44-41-38-21-18-15-12-9-6-3)75-64(68)55-52-49-46-43-40-37-35-33-31-29-27-25-23-20-17-14-11-8-5-2/h8,11,15,17-18,20,25,27,31,33,37,40,46,49,60-61,65H,4-7,9-10,12-14,16,19,21-24,26,28-30,32,34-36,38-39,41-45,47-48,50-59H2,1-3H3,(H,69,70)/b11-8-,18-15-,20-17-,27-25-,33-31-,40-37-,49-46-. The summed E-state index contributed by atoms with van der Waals surface area (Å²) in [4.78, 5) is 48.5. The molecule has 0 aromatic rings. The highest BCUT2D eigenvalue weighted by Crippen LogP contribution is 2.43. The fraction of sp³-hybridized carbons (Fsp3) is 0.734. The second-order valence-corrected chi connectivity index (χ2v) is 21.6. The number of aliphatic hydroxyl groups excluding tert-OH is 1. The Morgan fingerprint density at radius 2 is 0.724 bits per heavy atom. The van der Waals surface area contributed by atoms with Crippen LogP contribution in [0.1, 0.15) is 265 Å². The van der Waals surface area contributed by atoms with Gasteiger partial charge in [0, 0.05) is 19.3 Å². The number of hydrogen-bond donors (Lipinski definition) is 2. The first kappa shape index (κ1) is 72.7. The van der Waals surface area contributed by atoms with Gasteiger partial charge in [-0.2, -0.15) is 0 Å². The van der Waals surface area contributed by atoms with Gasteiger partial charge in [-0.05, 0) is 77.0 Å². The van der Waals surface area contributed by atoms with Gasteiger partial charge in [0.25, 0.3) is 0 Å². The van der Waals surface area contributed by atoms with Crippen molar-refractivity contribution in [3.63, 3.8) is 0 Å². The molecule has 0 aromatic heterocycles. The van der Waals surface area contributed by atoms with Gasteiger partial charge in [0.15, 0.2) is 6.10 Å². The van der Waals surface area contributed by atoms with E-state index in [9.17, 15) is 28.9 Å². The van der Waals surface area contributed by atoms with Crippen molar-refractivity contribution < 1.29 is 52.2 Å². The zero-order valence-electron chi connectivity index (χ0n) is 48.5. The molecule has 0 fully saturated rings. The Kier molecular flexibility index (Phi) is 55.3. The second kappa shape index (κ2) is 57.8. The van der Waals surface area contributed by atoms with Crippen LogP contribution in [-0.4, -0.2) is 66.5 Å². The molecular weight excluding hydrogens is 976 g/mol. The molecule has 438 valence electrons. The minimum Gasteiger partial charge on any atom is -0.462 e. The minimum absolute atomic E-state index is 0.0392. The fourth-order valence-corrected chi connectivity index (χ4v) is 8.97. The molecule has 0 heterocycles. The third kappa shape index (κ3) is 55.4. The number of ether oxygens (including phenoxy) is 3. The Morgan fingerprint density at radius 3 is 1.17 bits per heavy atom. The molecule has 0 rings (SSSR count). The lowest BCUT2D eigenvalue weighted by molar-refractivity contribution is -0.161. The van der Waals surface area contributed by atoms with Crippen molar-refractivity contribution in [2.24, 2.45) is 0 Å². The predicted octanol–water partition coefficient (Wildman–Crippen LogP) is 18.3. The first-order chi connectivity index (χ1) is 37.2. The van der Waals surface area contributed by atoms with Crippen molar-refractivity contribution in [2.75, 3.05) is 26.4 Å². The van der Waals surface area contributed by atoms with Crippen molar-refractivity contribution in [3.8, 4) is 0 Å². The van der Waals surface area contributed by atoms with E-state index < -0.39 is 57.8 Å². The molecule has 12 heteroatoms. The Labute approximate surface area is 464 Å². The predicted molar refractivity (Wildman–Crippen MR) is 316 cm³/mol. The van der Waals surface area contributed by atoms with Gasteiger partial charge in [-0.25, -0.2) is 4.57 Å². The summed E-state index contributed by atoms with van der Waals surface area (Å²) in [5.74, 6) is -1.57. The summed E-state index contributed by atoms with van der Waals surface area (Å²) in [6.07, 6.45) is 67.1. The van der Waals surface area contributed by atoms with Crippen LogP contribution < -0.4 is 0 Å². The van der Waals surface area contributed by atoms with Crippen LogP contribution >= 0.6 is 7.82 Å². The van der Waals surface area contributed by atoms with Gasteiger partial charge in [0.05, 0.1) is 19.8 Å². The number of rotatable bonds is 56. The third-order valence-corrected chi connectivity index (χ3v) is 13.8. The van der Waals surface area contributed by atoms with Gasteiger partial charge in [0.2, 0.25) is 0 Å². The van der Waals surface area contributed by atoms with Crippen LogP contribution in [0.2, 0.25) is 0 Å². The maximum atomic E-state index is 12.9. The zero-order valence-corrected chi connectivity index (χ0v) is 49.3. The summed E-state index contributed by atoms with van der Waals surface area (Å²) >= 11 is 0. The first-order valence-corrected chi connectivity index (χ1v) is 32.0. The number of carbonyl (C=O) groups is 3. The van der Waals surface area contributed by atoms with Crippen LogP contribution in [0.25, 0.3) is 0 Å². The fourth-order valence-electron chi connectivity index (χ4n) is 8.19. The smallest absolute Gasteiger partial charge is 0.462 e. The number of phosphoric ester groups is 1. The number of hydrogen-bond acceptors (Lipinski definition) is 10. The molecular formula is C64H111O11P. The quantitative estimate of drug-likeness (QED) is 0.0197. The largest absolute Gasteiger partial charge is 0.472 e. The van der Waals surface area contributed by atoms with Crippen molar-refractivity contribution >= 4 is 25.7 Å². The molecule has 0 aliphatic heterocycles. The Morgan fingerprint density at radius 1 is 0.382 bits per heavy atom. The monoisotopic (exact) mass is 1090 g/mol. The lowest BCUT2D eigenvalue weighted by Gasteiger charge is -2.21. The van der Waals surface area contributed by atoms with Crippen LogP contribution in [0.5, 0.6) is 0 Å². The molecule has 11 nitrogen and oxygen atoms in total. The topological polar surface area (TPSA) is 155 Å². The van der Waals surface area contributed by atoms with Gasteiger partial charge in [-0.15, -0.1) is 0 Å². The Hall–Kier alpha value is -3.34. The summed E-state index contributed by atoms with van der Waals surface area (Å²) in [5.41, 5.74) is 0. The molecule has 0 aliphatic rings. The second-order valence-electron chi connectivity index (χ2n) is 20.1. The maximum absolute atomic E-state index is 12.9. The number of aliphatic hydroxyl groups is 1. The van der Waals surface area contributed by atoms with E-state index in [-0.39, 0.29) is 25.9 Å². The Bertz CT molecular complexity index is 1600. The lowest BCUT2D eigenvalue weighted by Crippen LogP contribution is -2.30. The summed E-state index contributed by atoms with van der Waals surface area (Å²) < 4.78 is 39.5. The van der Waals surface area contributed by atoms with E-state index >= 15 is 0 Å². The van der Waals surface area contributed by atoms with Gasteiger partial charge in [-0.3, -0.25) is 23.4 Å². The van der Waals surface area contributed by atoms with Gasteiger partial charge in [-0.1, -0.05) is 254 Å². The highest BCUT2D eigenvalue weighted by molar-refractivity contribution is 7.47. The molecule has 2 N–H and O–H groups in total. The molecule has 3 atom stereocenters. The highest BCUT2D eigenvalue weighted by Gasteiger charge is 2.28. The number of carbonyl (C=O) groups excluding carboxylic acids is 3. The van der Waals surface area contributed by atoms with E-state index in [1.54, 1.807) is 0 Å². The van der Waals surface area contributed by atoms with E-state index in [1.165, 1.54) is 109 Å². The van der Waals surface area contributed by atoms with Crippen molar-refractivity contribution in [1.29, 1.82) is 0 Å². The van der Waals surface area contributed by atoms with Gasteiger partial charge < -0.3 is 24.2 Å². The SMILES string of the molecule is CC/C=C\C/C=C\C/C=C\C/C=C\C/C=C\C/C=C\CCC(=O)OC(COC(=O)CCCCCCC/C=C\CCCC)COP(=O)(O)OCC(CO)OC(=O)CCCCCCCCCCCCCCCCCCCCC. The molecule has 0 saturated carbocycles. The summed E-state index contributed by atoms with van der Waals surface area (Å²) in [6.45, 7) is 4.42. The molecule has 0 spiro atoms. The van der Waals surface area contributed by atoms with E-state index in [2.05, 4.69) is 93.7 Å². The Balaban J connectivity index is 4.71. The third-order valence-electron chi connectivity index (χ3n) is 12.8. The average molecular weight is 1090 g/mol. The number of allylic oxidation sites excluding steroid dienone is 14. The molecule has 0 radical (unpaired) electrons. The van der Waals surface area contributed by atoms with Gasteiger partial charge >= 0.3 is 25.7 Å². The van der Waals surface area contributed by atoms with Crippen LogP contribution in [0.3, 0.4) is 0 Å². The summed E-state index contributed by atoms with van der Waals surface area (Å²) in [5, 5.41) is 9.84. The summed E-state index contributed by atoms with van der Waals surface area (Å²) in [6, 6.07) is 0. The van der Waals surface area contributed by atoms with Crippen LogP contribution in [0.15, 0.2) is 85.1 Å². The first-order valence-electron chi connectivity index (χ1n) is 30.5. The van der Waals surface area contributed by atoms with Crippen LogP contribution in [0, 0.1) is 0 Å². The minimum atomic E-state index is -4.77. The van der Waals surface area contributed by atoms with Crippen LogP contribution in [0.4, 0.5) is 0 Å². The number of unbranched alkanes of at least 4 members (excludes halogenated alkanes) is 25. The maximum Gasteiger partial charge on any atom is 0.472 e. The normalized spacial score (nSPS) is 13.9. The molecule has 0 saturated heterocycles. The molecule has 0 bridgehead atoms. The summed E-state index contributed by atoms with van der Waals surface area (Å²) in [7, 11) is -4.77. The van der Waals surface area contributed by atoms with Crippen LogP contribution in [-0.2, 0) is 42.2 Å². The number of phosphoric acid groups is 1. The molecule has 0 amide bonds. The van der Waals surface area contributed by atoms with Crippen molar-refractivity contribution in [2.45, 2.75) is 277 Å². The van der Waals surface area contributed by atoms with E-state index in [0.717, 1.165) is 89.9 Å².